The summed E-state index contributed by atoms with van der Waals surface area (Å²) in [5.41, 5.74) is 2.08. The number of carboxylic acid groups (broad SMARTS) is 1. The average molecular weight is 371 g/mol. The molecular weight excluding hydrogens is 352 g/mol. The van der Waals surface area contributed by atoms with Gasteiger partial charge in [-0.2, -0.15) is 0 Å². The first kappa shape index (κ1) is 18.1. The topological polar surface area (TPSA) is 72.2 Å². The highest BCUT2D eigenvalue weighted by molar-refractivity contribution is 6.31. The lowest BCUT2D eigenvalue weighted by atomic mass is 9.87. The molecule has 3 aromatic rings. The fourth-order valence-corrected chi connectivity index (χ4v) is 3.07. The van der Waals surface area contributed by atoms with Crippen molar-refractivity contribution in [3.8, 4) is 0 Å². The van der Waals surface area contributed by atoms with Crippen molar-refractivity contribution in [3.63, 3.8) is 0 Å². The minimum atomic E-state index is -1.03. The number of ketones is 1. The van der Waals surface area contributed by atoms with E-state index in [1.807, 2.05) is 6.07 Å². The summed E-state index contributed by atoms with van der Waals surface area (Å²) in [7, 11) is 0. The molecule has 134 valence electrons. The highest BCUT2D eigenvalue weighted by Crippen LogP contribution is 2.27. The molecule has 0 aliphatic heterocycles. The summed E-state index contributed by atoms with van der Waals surface area (Å²) in [4.78, 5) is 28.6. The molecule has 6 heteroatoms. The van der Waals surface area contributed by atoms with Crippen molar-refractivity contribution in [2.75, 3.05) is 0 Å². The lowest BCUT2D eigenvalue weighted by molar-refractivity contribution is -0.137. The van der Waals surface area contributed by atoms with Crippen molar-refractivity contribution in [2.24, 2.45) is 0 Å². The number of benzene rings is 1. The van der Waals surface area contributed by atoms with Gasteiger partial charge in [-0.05, 0) is 47.4 Å². The number of hydrogen-bond donors (Lipinski definition) is 1. The number of nitrogens with zero attached hydrogens (tertiary/aromatic N) is 2. The number of pyridine rings is 1. The molecule has 2 heterocycles. The zero-order chi connectivity index (χ0) is 19.1. The van der Waals surface area contributed by atoms with Crippen LogP contribution in [-0.4, -0.2) is 26.4 Å². The Balaban J connectivity index is 2.15. The minimum absolute atomic E-state index is 0.126. The van der Waals surface area contributed by atoms with Gasteiger partial charge in [0.1, 0.15) is 12.2 Å². The number of rotatable bonds is 4. The van der Waals surface area contributed by atoms with Crippen LogP contribution in [-0.2, 0) is 16.8 Å². The number of aromatic nitrogens is 2. The van der Waals surface area contributed by atoms with E-state index in [9.17, 15) is 14.7 Å². The van der Waals surface area contributed by atoms with E-state index in [2.05, 4.69) is 25.8 Å². The van der Waals surface area contributed by atoms with Crippen LogP contribution in [0.4, 0.5) is 0 Å². The van der Waals surface area contributed by atoms with E-state index < -0.39 is 5.97 Å². The maximum atomic E-state index is 13.1. The van der Waals surface area contributed by atoms with Crippen LogP contribution in [0.25, 0.3) is 10.9 Å². The molecule has 2 aromatic heterocycles. The van der Waals surface area contributed by atoms with Crippen molar-refractivity contribution in [1.82, 2.24) is 9.55 Å². The second-order valence-corrected chi connectivity index (χ2v) is 7.66. The van der Waals surface area contributed by atoms with Crippen LogP contribution in [0.15, 0.2) is 42.6 Å². The number of carbonyl (C=O) groups is 2. The van der Waals surface area contributed by atoms with Gasteiger partial charge in [0.05, 0.1) is 5.69 Å². The molecule has 0 bridgehead atoms. The molecule has 0 saturated carbocycles. The number of hydrogen-bond acceptors (Lipinski definition) is 3. The Labute approximate surface area is 156 Å². The van der Waals surface area contributed by atoms with Gasteiger partial charge >= 0.3 is 5.97 Å². The van der Waals surface area contributed by atoms with E-state index >= 15 is 0 Å². The van der Waals surface area contributed by atoms with Gasteiger partial charge in [0.15, 0.2) is 0 Å². The lowest BCUT2D eigenvalue weighted by Crippen LogP contribution is -2.17. The van der Waals surface area contributed by atoms with Gasteiger partial charge in [0, 0.05) is 22.1 Å². The van der Waals surface area contributed by atoms with E-state index in [-0.39, 0.29) is 29.1 Å². The van der Waals surface area contributed by atoms with Gasteiger partial charge in [-0.15, -0.1) is 0 Å². The fourth-order valence-electron chi connectivity index (χ4n) is 2.89. The third kappa shape index (κ3) is 3.48. The molecule has 0 atom stereocenters. The maximum Gasteiger partial charge on any atom is 0.323 e. The summed E-state index contributed by atoms with van der Waals surface area (Å²) in [6, 6.07) is 10.4. The van der Waals surface area contributed by atoms with Gasteiger partial charge in [0.2, 0.25) is 5.78 Å². The van der Waals surface area contributed by atoms with Gasteiger partial charge in [-0.1, -0.05) is 32.4 Å². The Bertz CT molecular complexity index is 1020. The minimum Gasteiger partial charge on any atom is -0.480 e. The molecule has 0 amide bonds. The van der Waals surface area contributed by atoms with Crippen LogP contribution in [0.1, 0.15) is 42.5 Å². The SMILES string of the molecule is CC(C)(C)c1ccnc(C(=O)c2cc3cc(Cl)ccc3n2CC(=O)O)c1. The fraction of sp³-hybridized carbons (Fsp3) is 0.250. The molecular formula is C20H19ClN2O3. The predicted octanol–water partition coefficient (Wildman–Crippen LogP) is 4.30. The second kappa shape index (κ2) is 6.57. The van der Waals surface area contributed by atoms with Crippen LogP contribution in [0.2, 0.25) is 5.02 Å². The van der Waals surface area contributed by atoms with Gasteiger partial charge < -0.3 is 9.67 Å². The van der Waals surface area contributed by atoms with Crippen molar-refractivity contribution in [3.05, 3.63) is 64.6 Å². The molecule has 1 aromatic carbocycles. The van der Waals surface area contributed by atoms with Crippen LogP contribution in [0, 0.1) is 0 Å². The second-order valence-electron chi connectivity index (χ2n) is 7.22. The molecule has 0 spiro atoms. The van der Waals surface area contributed by atoms with Crippen molar-refractivity contribution >= 4 is 34.3 Å². The number of carboxylic acids is 1. The lowest BCUT2D eigenvalue weighted by Gasteiger charge is -2.19. The molecule has 5 nitrogen and oxygen atoms in total. The molecule has 3 rings (SSSR count). The standard InChI is InChI=1S/C20H19ClN2O3/c1-20(2,3)13-6-7-22-15(10-13)19(26)17-9-12-8-14(21)4-5-16(12)23(17)11-18(24)25/h4-10H,11H2,1-3H3,(H,24,25). The summed E-state index contributed by atoms with van der Waals surface area (Å²) in [6.45, 7) is 5.85. The molecule has 0 radical (unpaired) electrons. The Kier molecular flexibility index (Phi) is 4.59. The smallest absolute Gasteiger partial charge is 0.323 e. The first-order chi connectivity index (χ1) is 12.2. The normalized spacial score (nSPS) is 11.7. The molecule has 0 fully saturated rings. The Morgan fingerprint density at radius 3 is 2.54 bits per heavy atom. The molecule has 0 aliphatic rings. The average Bonchev–Trinajstić information content (AvgIpc) is 2.90. The van der Waals surface area contributed by atoms with E-state index in [0.29, 0.717) is 15.9 Å². The zero-order valence-electron chi connectivity index (χ0n) is 14.8. The Morgan fingerprint density at radius 1 is 1.15 bits per heavy atom. The third-order valence-corrected chi connectivity index (χ3v) is 4.48. The molecule has 1 N–H and O–H groups in total. The first-order valence-corrected chi connectivity index (χ1v) is 8.56. The summed E-state index contributed by atoms with van der Waals surface area (Å²) < 4.78 is 1.49. The number of aliphatic carboxylic acids is 1. The largest absolute Gasteiger partial charge is 0.480 e. The van der Waals surface area contributed by atoms with Crippen molar-refractivity contribution in [1.29, 1.82) is 0 Å². The van der Waals surface area contributed by atoms with Gasteiger partial charge in [-0.3, -0.25) is 14.6 Å². The quantitative estimate of drug-likeness (QED) is 0.695. The van der Waals surface area contributed by atoms with E-state index in [1.165, 1.54) is 4.57 Å². The third-order valence-electron chi connectivity index (χ3n) is 4.25. The summed E-state index contributed by atoms with van der Waals surface area (Å²) in [5, 5.41) is 10.5. The Hall–Kier alpha value is -2.66. The molecule has 0 unspecified atom stereocenters. The molecule has 0 aliphatic carbocycles. The van der Waals surface area contributed by atoms with Crippen LogP contribution >= 0.6 is 11.6 Å². The van der Waals surface area contributed by atoms with Crippen molar-refractivity contribution in [2.45, 2.75) is 32.7 Å². The van der Waals surface area contributed by atoms with E-state index in [4.69, 9.17) is 11.6 Å². The van der Waals surface area contributed by atoms with E-state index in [1.54, 1.807) is 36.5 Å². The number of fused-ring (bicyclic) bond motifs is 1. The highest BCUT2D eigenvalue weighted by Gasteiger charge is 2.22. The monoisotopic (exact) mass is 370 g/mol. The number of carbonyl (C=O) groups excluding carboxylic acids is 1. The molecule has 0 saturated heterocycles. The van der Waals surface area contributed by atoms with Crippen LogP contribution < -0.4 is 0 Å². The predicted molar refractivity (Wildman–Crippen MR) is 101 cm³/mol. The summed E-state index contributed by atoms with van der Waals surface area (Å²) >= 11 is 6.03. The van der Waals surface area contributed by atoms with Crippen LogP contribution in [0.5, 0.6) is 0 Å². The van der Waals surface area contributed by atoms with Gasteiger partial charge in [0.25, 0.3) is 0 Å². The van der Waals surface area contributed by atoms with E-state index in [0.717, 1.165) is 5.56 Å². The summed E-state index contributed by atoms with van der Waals surface area (Å²) in [6.07, 6.45) is 1.61. The van der Waals surface area contributed by atoms with Gasteiger partial charge in [-0.25, -0.2) is 0 Å². The molecule has 26 heavy (non-hydrogen) atoms. The number of halogens is 1. The zero-order valence-corrected chi connectivity index (χ0v) is 15.5. The Morgan fingerprint density at radius 2 is 1.88 bits per heavy atom. The van der Waals surface area contributed by atoms with Crippen LogP contribution in [0.3, 0.4) is 0 Å². The highest BCUT2D eigenvalue weighted by atomic mass is 35.5. The first-order valence-electron chi connectivity index (χ1n) is 8.18. The summed E-state index contributed by atoms with van der Waals surface area (Å²) in [5.74, 6) is -1.34. The maximum absolute atomic E-state index is 13.1. The van der Waals surface area contributed by atoms with Crippen molar-refractivity contribution < 1.29 is 14.7 Å².